The molecule has 0 radical (unpaired) electrons. The molecule has 6 rings (SSSR count). The van der Waals surface area contributed by atoms with Gasteiger partial charge in [-0.25, -0.2) is 4.68 Å². The summed E-state index contributed by atoms with van der Waals surface area (Å²) in [6, 6.07) is 6.21. The first-order valence-corrected chi connectivity index (χ1v) is 13.6. The number of aromatic nitrogens is 3. The molecule has 194 valence electrons. The molecule has 2 fully saturated rings. The van der Waals surface area contributed by atoms with Crippen LogP contribution in [0.5, 0.6) is 0 Å². The van der Waals surface area contributed by atoms with Crippen LogP contribution in [0.25, 0.3) is 11.0 Å². The van der Waals surface area contributed by atoms with Crippen LogP contribution in [0.15, 0.2) is 48.6 Å². The van der Waals surface area contributed by atoms with Crippen LogP contribution < -0.4 is 0 Å². The lowest BCUT2D eigenvalue weighted by atomic mass is 9.78. The zero-order valence-electron chi connectivity index (χ0n) is 20.8. The van der Waals surface area contributed by atoms with E-state index in [1.54, 1.807) is 38.2 Å². The number of aliphatic hydroxyl groups excluding tert-OH is 1. The van der Waals surface area contributed by atoms with Crippen LogP contribution in [-0.2, 0) is 21.1 Å². The highest BCUT2D eigenvalue weighted by molar-refractivity contribution is 8.02. The first kappa shape index (κ1) is 24.2. The normalized spacial score (nSPS) is 32.0. The average Bonchev–Trinajstić information content (AvgIpc) is 3.46. The Labute approximate surface area is 218 Å². The third-order valence-electron chi connectivity index (χ3n) is 8.18. The van der Waals surface area contributed by atoms with Gasteiger partial charge in [0.2, 0.25) is 17.7 Å². The van der Waals surface area contributed by atoms with Gasteiger partial charge >= 0.3 is 0 Å². The van der Waals surface area contributed by atoms with Crippen molar-refractivity contribution in [1.29, 1.82) is 0 Å². The topological polar surface area (TPSA) is 112 Å². The van der Waals surface area contributed by atoms with E-state index in [1.165, 1.54) is 0 Å². The molecule has 1 aromatic heterocycles. The SMILES string of the molecule is CC[C@@H](CO)N1C(=O)[C@@H]2[C@@H]3C(=O)N(C)CC=C[C@@H]3S[C@@]23C=CCN(Cn2nnc4ccccc42)C(=O)C13. The highest BCUT2D eigenvalue weighted by Crippen LogP contribution is 2.61. The van der Waals surface area contributed by atoms with E-state index in [2.05, 4.69) is 10.3 Å². The Hall–Kier alpha value is -3.18. The molecule has 0 saturated carbocycles. The number of thioether (sulfide) groups is 1. The van der Waals surface area contributed by atoms with Gasteiger partial charge in [-0.2, -0.15) is 0 Å². The van der Waals surface area contributed by atoms with Crippen molar-refractivity contribution in [2.75, 3.05) is 26.7 Å². The fourth-order valence-electron chi connectivity index (χ4n) is 6.37. The van der Waals surface area contributed by atoms with Gasteiger partial charge in [0.15, 0.2) is 0 Å². The van der Waals surface area contributed by atoms with E-state index >= 15 is 0 Å². The van der Waals surface area contributed by atoms with Gasteiger partial charge in [0.05, 0.1) is 34.7 Å². The molecule has 6 atom stereocenters. The van der Waals surface area contributed by atoms with E-state index in [9.17, 15) is 19.5 Å². The van der Waals surface area contributed by atoms with Crippen molar-refractivity contribution in [3.63, 3.8) is 0 Å². The standard InChI is InChI=1S/C26H30N6O4S/c1-3-16(14-33)32-22-25(36)30(15-31-18-9-5-4-8-17(18)27-28-31)13-7-11-26(22)21(24(32)35)20-19(37-26)10-6-12-29(2)23(20)34/h4-11,16,19-22,33H,3,12-15H2,1-2H3/t16-,19-,20+,21-,22?,26-/m0/s1. The molecular weight excluding hydrogens is 492 g/mol. The summed E-state index contributed by atoms with van der Waals surface area (Å²) in [5.74, 6) is -1.76. The van der Waals surface area contributed by atoms with E-state index < -0.39 is 28.7 Å². The van der Waals surface area contributed by atoms with Crippen molar-refractivity contribution < 1.29 is 19.5 Å². The first-order chi connectivity index (χ1) is 17.9. The van der Waals surface area contributed by atoms with Gasteiger partial charge in [0, 0.05) is 25.4 Å². The minimum absolute atomic E-state index is 0.0774. The molecule has 0 aliphatic carbocycles. The summed E-state index contributed by atoms with van der Waals surface area (Å²) in [4.78, 5) is 46.9. The molecule has 1 unspecified atom stereocenters. The van der Waals surface area contributed by atoms with Crippen LogP contribution in [0.4, 0.5) is 0 Å². The quantitative estimate of drug-likeness (QED) is 0.581. The maximum absolute atomic E-state index is 14.4. The number of amides is 3. The van der Waals surface area contributed by atoms with E-state index in [0.717, 1.165) is 11.0 Å². The maximum Gasteiger partial charge on any atom is 0.248 e. The molecule has 5 heterocycles. The van der Waals surface area contributed by atoms with E-state index in [4.69, 9.17) is 0 Å². The highest BCUT2D eigenvalue weighted by atomic mass is 32.2. The summed E-state index contributed by atoms with van der Waals surface area (Å²) < 4.78 is 0.789. The molecule has 10 nitrogen and oxygen atoms in total. The highest BCUT2D eigenvalue weighted by Gasteiger charge is 2.71. The molecule has 4 aliphatic heterocycles. The van der Waals surface area contributed by atoms with Gasteiger partial charge in [-0.3, -0.25) is 14.4 Å². The van der Waals surface area contributed by atoms with Gasteiger partial charge in [-0.05, 0) is 18.6 Å². The molecule has 37 heavy (non-hydrogen) atoms. The minimum atomic E-state index is -0.899. The summed E-state index contributed by atoms with van der Waals surface area (Å²) >= 11 is 1.54. The lowest BCUT2D eigenvalue weighted by molar-refractivity contribution is -0.147. The van der Waals surface area contributed by atoms with Gasteiger partial charge in [-0.15, -0.1) is 16.9 Å². The second kappa shape index (κ2) is 8.98. The molecule has 11 heteroatoms. The number of carbonyl (C=O) groups excluding carboxylic acids is 3. The Balaban J connectivity index is 1.43. The minimum Gasteiger partial charge on any atom is -0.394 e. The van der Waals surface area contributed by atoms with Crippen molar-refractivity contribution in [3.8, 4) is 0 Å². The molecule has 2 aromatic rings. The fourth-order valence-corrected chi connectivity index (χ4v) is 8.36. The van der Waals surface area contributed by atoms with Crippen LogP contribution in [0.3, 0.4) is 0 Å². The van der Waals surface area contributed by atoms with Crippen LogP contribution in [0.2, 0.25) is 0 Å². The van der Waals surface area contributed by atoms with Gasteiger partial charge in [0.25, 0.3) is 0 Å². The third kappa shape index (κ3) is 3.47. The van der Waals surface area contributed by atoms with Gasteiger partial charge in [0.1, 0.15) is 18.2 Å². The second-order valence-electron chi connectivity index (χ2n) is 10.2. The summed E-state index contributed by atoms with van der Waals surface area (Å²) in [6.07, 6.45) is 8.42. The number of likely N-dealkylation sites (N-methyl/N-ethyl adjacent to an activating group) is 1. The van der Waals surface area contributed by atoms with E-state index in [-0.39, 0.29) is 36.2 Å². The zero-order valence-corrected chi connectivity index (χ0v) is 21.6. The van der Waals surface area contributed by atoms with Gasteiger partial charge in [-0.1, -0.05) is 48.6 Å². The Morgan fingerprint density at radius 3 is 2.73 bits per heavy atom. The predicted octanol–water partition coefficient (Wildman–Crippen LogP) is 0.884. The van der Waals surface area contributed by atoms with Crippen molar-refractivity contribution in [2.24, 2.45) is 11.8 Å². The number of hydrogen-bond donors (Lipinski definition) is 1. The fraction of sp³-hybridized carbons (Fsp3) is 0.500. The van der Waals surface area contributed by atoms with Gasteiger partial charge < -0.3 is 19.8 Å². The summed E-state index contributed by atoms with van der Waals surface area (Å²) in [6.45, 7) is 2.66. The Morgan fingerprint density at radius 1 is 1.14 bits per heavy atom. The van der Waals surface area contributed by atoms with Crippen molar-refractivity contribution in [2.45, 2.75) is 42.1 Å². The smallest absolute Gasteiger partial charge is 0.248 e. The lowest BCUT2D eigenvalue weighted by Gasteiger charge is -2.38. The van der Waals surface area contributed by atoms with E-state index in [0.29, 0.717) is 19.5 Å². The van der Waals surface area contributed by atoms with E-state index in [1.807, 2.05) is 55.5 Å². The number of carbonyl (C=O) groups is 3. The van der Waals surface area contributed by atoms with Crippen molar-refractivity contribution in [1.82, 2.24) is 29.7 Å². The average molecular weight is 523 g/mol. The molecule has 1 aromatic carbocycles. The second-order valence-corrected chi connectivity index (χ2v) is 11.6. The molecule has 2 saturated heterocycles. The number of nitrogens with zero attached hydrogens (tertiary/aromatic N) is 6. The third-order valence-corrected chi connectivity index (χ3v) is 9.93. The van der Waals surface area contributed by atoms with Crippen LogP contribution in [0.1, 0.15) is 13.3 Å². The summed E-state index contributed by atoms with van der Waals surface area (Å²) in [5, 5.41) is 18.5. The molecule has 4 aliphatic rings. The van der Waals surface area contributed by atoms with Crippen LogP contribution >= 0.6 is 11.8 Å². The molecule has 0 bridgehead atoms. The monoisotopic (exact) mass is 522 g/mol. The number of fused-ring (bicyclic) bond motifs is 3. The largest absolute Gasteiger partial charge is 0.394 e. The zero-order chi connectivity index (χ0) is 25.9. The lowest BCUT2D eigenvalue weighted by Crippen LogP contribution is -2.56. The molecule has 3 amide bonds. The molecule has 1 spiro atoms. The number of hydrogen-bond acceptors (Lipinski definition) is 7. The summed E-state index contributed by atoms with van der Waals surface area (Å²) in [7, 11) is 1.75. The Bertz CT molecular complexity index is 1320. The predicted molar refractivity (Wildman–Crippen MR) is 138 cm³/mol. The number of benzene rings is 1. The number of rotatable bonds is 5. The number of para-hydroxylation sites is 1. The Morgan fingerprint density at radius 2 is 1.95 bits per heavy atom. The van der Waals surface area contributed by atoms with Crippen molar-refractivity contribution >= 4 is 40.5 Å². The van der Waals surface area contributed by atoms with Crippen LogP contribution in [0, 0.1) is 11.8 Å². The maximum atomic E-state index is 14.4. The number of likely N-dealkylation sites (tertiary alicyclic amines) is 1. The molecule has 1 N–H and O–H groups in total. The Kier molecular flexibility index (Phi) is 5.87. The molecular formula is C26H30N6O4S. The van der Waals surface area contributed by atoms with Crippen molar-refractivity contribution in [3.05, 3.63) is 48.6 Å². The summed E-state index contributed by atoms with van der Waals surface area (Å²) in [5.41, 5.74) is 1.55. The number of aliphatic hydroxyl groups is 1. The van der Waals surface area contributed by atoms with Crippen LogP contribution in [-0.4, -0.2) is 101 Å². The first-order valence-electron chi connectivity index (χ1n) is 12.7.